The smallest absolute Gasteiger partial charge is 0.106 e. The summed E-state index contributed by atoms with van der Waals surface area (Å²) in [5.74, 6) is 0. The monoisotopic (exact) mass is 288 g/mol. The molecule has 116 valence electrons. The van der Waals surface area contributed by atoms with Crippen LogP contribution < -0.4 is 5.32 Å². The maximum absolute atomic E-state index is 9.34. The van der Waals surface area contributed by atoms with E-state index in [2.05, 4.69) is 49.5 Å². The summed E-state index contributed by atoms with van der Waals surface area (Å²) in [5.41, 5.74) is 0.824. The summed E-state index contributed by atoms with van der Waals surface area (Å²) in [6.07, 6.45) is 2.83. The van der Waals surface area contributed by atoms with Crippen molar-refractivity contribution < 1.29 is 4.74 Å². The molecule has 0 saturated carbocycles. The summed E-state index contributed by atoms with van der Waals surface area (Å²) in [6, 6.07) is 13.1. The molecule has 0 fully saturated rings. The number of aryl methyl sites for hydroxylation is 1. The Hall–Kier alpha value is -1.37. The number of ether oxygens (including phenoxy) is 1. The minimum Gasteiger partial charge on any atom is -0.378 e. The molecule has 0 aliphatic rings. The van der Waals surface area contributed by atoms with Crippen LogP contribution in [0.4, 0.5) is 0 Å². The molecule has 0 aromatic heterocycles. The number of nitrogens with one attached hydrogen (secondary N) is 1. The average molecular weight is 288 g/mol. The molecule has 3 heteroatoms. The van der Waals surface area contributed by atoms with Crippen molar-refractivity contribution in [1.82, 2.24) is 5.32 Å². The third kappa shape index (κ3) is 7.27. The predicted octanol–water partition coefficient (Wildman–Crippen LogP) is 3.69. The highest BCUT2D eigenvalue weighted by Crippen LogP contribution is 2.15. The summed E-state index contributed by atoms with van der Waals surface area (Å²) in [5, 5.41) is 12.6. The third-order valence-electron chi connectivity index (χ3n) is 3.40. The van der Waals surface area contributed by atoms with Gasteiger partial charge in [-0.1, -0.05) is 30.3 Å². The lowest BCUT2D eigenvalue weighted by molar-refractivity contribution is 0.0454. The van der Waals surface area contributed by atoms with Crippen molar-refractivity contribution in [1.29, 1.82) is 5.26 Å². The maximum Gasteiger partial charge on any atom is 0.106 e. The normalized spacial score (nSPS) is 15.4. The molecular weight excluding hydrogens is 260 g/mol. The molecule has 1 rings (SSSR count). The van der Waals surface area contributed by atoms with Gasteiger partial charge in [0.2, 0.25) is 0 Å². The Morgan fingerprint density at radius 1 is 1.24 bits per heavy atom. The Morgan fingerprint density at radius 2 is 1.90 bits per heavy atom. The summed E-state index contributed by atoms with van der Waals surface area (Å²) >= 11 is 0. The number of hydrogen-bond donors (Lipinski definition) is 1. The summed E-state index contributed by atoms with van der Waals surface area (Å²) in [7, 11) is 0. The van der Waals surface area contributed by atoms with E-state index >= 15 is 0 Å². The van der Waals surface area contributed by atoms with Gasteiger partial charge in [-0.05, 0) is 46.1 Å². The van der Waals surface area contributed by atoms with Gasteiger partial charge in [0.25, 0.3) is 0 Å². The number of hydrogen-bond acceptors (Lipinski definition) is 3. The Bertz CT molecular complexity index is 438. The molecule has 3 nitrogen and oxygen atoms in total. The fourth-order valence-electron chi connectivity index (χ4n) is 2.61. The van der Waals surface area contributed by atoms with Crippen LogP contribution >= 0.6 is 0 Å². The molecule has 1 aromatic rings. The van der Waals surface area contributed by atoms with Crippen LogP contribution in [-0.4, -0.2) is 24.3 Å². The first-order valence-corrected chi connectivity index (χ1v) is 7.79. The van der Waals surface area contributed by atoms with Crippen molar-refractivity contribution >= 4 is 0 Å². The number of rotatable bonds is 9. The van der Waals surface area contributed by atoms with E-state index in [0.717, 1.165) is 19.4 Å². The van der Waals surface area contributed by atoms with Crippen LogP contribution in [-0.2, 0) is 11.2 Å². The first-order chi connectivity index (χ1) is 9.95. The van der Waals surface area contributed by atoms with Gasteiger partial charge in [0.1, 0.15) is 5.54 Å². The van der Waals surface area contributed by atoms with Gasteiger partial charge < -0.3 is 4.74 Å². The Morgan fingerprint density at radius 3 is 2.48 bits per heavy atom. The molecule has 0 spiro atoms. The number of nitriles is 1. The van der Waals surface area contributed by atoms with E-state index < -0.39 is 5.54 Å². The molecule has 0 aliphatic carbocycles. The SMILES string of the molecule is CC(C)NC(C)(C#N)CC(C)OCCCc1ccccc1. The van der Waals surface area contributed by atoms with Crippen LogP contribution in [0.3, 0.4) is 0 Å². The lowest BCUT2D eigenvalue weighted by Gasteiger charge is -2.28. The van der Waals surface area contributed by atoms with Crippen LogP contribution in [0, 0.1) is 11.3 Å². The standard InChI is InChI=1S/C18H28N2O/c1-15(2)20-18(4,14-19)13-16(3)21-12-8-11-17-9-6-5-7-10-17/h5-7,9-10,15-16,20H,8,11-13H2,1-4H3. The Kier molecular flexibility index (Phi) is 7.42. The second-order valence-electron chi connectivity index (χ2n) is 6.22. The van der Waals surface area contributed by atoms with Crippen LogP contribution in [0.25, 0.3) is 0 Å². The van der Waals surface area contributed by atoms with Crippen molar-refractivity contribution in [3.05, 3.63) is 35.9 Å². The van der Waals surface area contributed by atoms with Gasteiger partial charge in [0.15, 0.2) is 0 Å². The van der Waals surface area contributed by atoms with Gasteiger partial charge in [-0.25, -0.2) is 0 Å². The molecular formula is C18H28N2O. The predicted molar refractivity (Wildman–Crippen MR) is 87.1 cm³/mol. The Balaban J connectivity index is 2.27. The molecule has 1 N–H and O–H groups in total. The van der Waals surface area contributed by atoms with E-state index in [1.165, 1.54) is 5.56 Å². The first kappa shape index (κ1) is 17.7. The topological polar surface area (TPSA) is 45.0 Å². The van der Waals surface area contributed by atoms with Crippen LogP contribution in [0.15, 0.2) is 30.3 Å². The second kappa shape index (κ2) is 8.81. The fourth-order valence-corrected chi connectivity index (χ4v) is 2.61. The zero-order chi connectivity index (χ0) is 15.7. The van der Waals surface area contributed by atoms with E-state index in [0.29, 0.717) is 12.5 Å². The molecule has 0 heterocycles. The van der Waals surface area contributed by atoms with E-state index in [1.54, 1.807) is 0 Å². The third-order valence-corrected chi connectivity index (χ3v) is 3.40. The minimum atomic E-state index is -0.521. The van der Waals surface area contributed by atoms with Gasteiger partial charge in [-0.2, -0.15) is 5.26 Å². The van der Waals surface area contributed by atoms with E-state index in [-0.39, 0.29) is 6.10 Å². The van der Waals surface area contributed by atoms with Gasteiger partial charge in [-0.3, -0.25) is 5.32 Å². The van der Waals surface area contributed by atoms with E-state index in [1.807, 2.05) is 19.9 Å². The van der Waals surface area contributed by atoms with Crippen molar-refractivity contribution in [3.63, 3.8) is 0 Å². The highest BCUT2D eigenvalue weighted by atomic mass is 16.5. The number of nitrogens with zero attached hydrogens (tertiary/aromatic N) is 1. The zero-order valence-corrected chi connectivity index (χ0v) is 13.7. The van der Waals surface area contributed by atoms with Crippen molar-refractivity contribution in [2.75, 3.05) is 6.61 Å². The molecule has 2 unspecified atom stereocenters. The zero-order valence-electron chi connectivity index (χ0n) is 13.7. The molecule has 0 radical (unpaired) electrons. The second-order valence-corrected chi connectivity index (χ2v) is 6.22. The van der Waals surface area contributed by atoms with E-state index in [9.17, 15) is 5.26 Å². The molecule has 0 amide bonds. The van der Waals surface area contributed by atoms with Gasteiger partial charge in [0.05, 0.1) is 12.2 Å². The molecule has 1 aromatic carbocycles. The van der Waals surface area contributed by atoms with Crippen LogP contribution in [0.5, 0.6) is 0 Å². The van der Waals surface area contributed by atoms with Gasteiger partial charge in [0, 0.05) is 19.1 Å². The average Bonchev–Trinajstić information content (AvgIpc) is 2.44. The van der Waals surface area contributed by atoms with Gasteiger partial charge in [-0.15, -0.1) is 0 Å². The summed E-state index contributed by atoms with van der Waals surface area (Å²) < 4.78 is 5.85. The van der Waals surface area contributed by atoms with E-state index in [4.69, 9.17) is 4.74 Å². The fraction of sp³-hybridized carbons (Fsp3) is 0.611. The number of benzene rings is 1. The summed E-state index contributed by atoms with van der Waals surface area (Å²) in [6.45, 7) is 8.83. The van der Waals surface area contributed by atoms with Crippen LogP contribution in [0.2, 0.25) is 0 Å². The lowest BCUT2D eigenvalue weighted by Crippen LogP contribution is -2.47. The first-order valence-electron chi connectivity index (χ1n) is 7.79. The lowest BCUT2D eigenvalue weighted by atomic mass is 9.95. The minimum absolute atomic E-state index is 0.0803. The molecule has 0 bridgehead atoms. The van der Waals surface area contributed by atoms with Crippen molar-refractivity contribution in [2.45, 2.75) is 64.6 Å². The quantitative estimate of drug-likeness (QED) is 0.705. The van der Waals surface area contributed by atoms with Gasteiger partial charge >= 0.3 is 0 Å². The molecule has 2 atom stereocenters. The largest absolute Gasteiger partial charge is 0.378 e. The molecule has 21 heavy (non-hydrogen) atoms. The highest BCUT2D eigenvalue weighted by molar-refractivity contribution is 5.14. The van der Waals surface area contributed by atoms with Crippen molar-refractivity contribution in [3.8, 4) is 6.07 Å². The molecule has 0 aliphatic heterocycles. The van der Waals surface area contributed by atoms with Crippen LogP contribution in [0.1, 0.15) is 46.1 Å². The summed E-state index contributed by atoms with van der Waals surface area (Å²) in [4.78, 5) is 0. The maximum atomic E-state index is 9.34. The van der Waals surface area contributed by atoms with Crippen molar-refractivity contribution in [2.24, 2.45) is 0 Å². The Labute approximate surface area is 129 Å². The highest BCUT2D eigenvalue weighted by Gasteiger charge is 2.27. The molecule has 0 saturated heterocycles.